The lowest BCUT2D eigenvalue weighted by Crippen LogP contribution is -2.09. The summed E-state index contributed by atoms with van der Waals surface area (Å²) in [6.07, 6.45) is 0.751. The summed E-state index contributed by atoms with van der Waals surface area (Å²) in [4.78, 5) is 21.5. The number of hydrogen-bond donors (Lipinski definition) is 1. The van der Waals surface area contributed by atoms with Gasteiger partial charge in [-0.2, -0.15) is 0 Å². The molecule has 2 rings (SSSR count). The van der Waals surface area contributed by atoms with Gasteiger partial charge in [0.1, 0.15) is 31.0 Å². The molecule has 21 heavy (non-hydrogen) atoms. The van der Waals surface area contributed by atoms with Crippen molar-refractivity contribution in [1.29, 1.82) is 0 Å². The third kappa shape index (κ3) is 4.35. The van der Waals surface area contributed by atoms with Crippen LogP contribution >= 0.6 is 0 Å². The van der Waals surface area contributed by atoms with Gasteiger partial charge < -0.3 is 14.6 Å². The summed E-state index contributed by atoms with van der Waals surface area (Å²) in [6.45, 7) is 0.563. The summed E-state index contributed by atoms with van der Waals surface area (Å²) in [5.41, 5.74) is 0.717. The van der Waals surface area contributed by atoms with Crippen molar-refractivity contribution in [3.63, 3.8) is 0 Å². The number of hydrogen-bond acceptors (Lipinski definition) is 4. The standard InChI is InChI=1S/C16H14O5/c17-11-12-3-1-5-14(9-12)20-7-8-21-15-6-2-4-13(10-15)16(18)19/h1-6,9-11H,7-8H2,(H,18,19). The minimum atomic E-state index is -0.998. The number of aldehydes is 1. The van der Waals surface area contributed by atoms with Gasteiger partial charge in [0.15, 0.2) is 0 Å². The van der Waals surface area contributed by atoms with Crippen LogP contribution in [0.3, 0.4) is 0 Å². The third-order valence-electron chi connectivity index (χ3n) is 2.70. The second kappa shape index (κ2) is 7.09. The zero-order valence-electron chi connectivity index (χ0n) is 11.2. The molecule has 0 radical (unpaired) electrons. The molecular formula is C16H14O5. The molecule has 0 bridgehead atoms. The summed E-state index contributed by atoms with van der Waals surface area (Å²) in [6, 6.07) is 13.1. The lowest BCUT2D eigenvalue weighted by Gasteiger charge is -2.09. The van der Waals surface area contributed by atoms with E-state index in [1.165, 1.54) is 12.1 Å². The van der Waals surface area contributed by atoms with Gasteiger partial charge in [0.25, 0.3) is 0 Å². The Labute approximate surface area is 121 Å². The maximum absolute atomic E-state index is 10.8. The number of ether oxygens (including phenoxy) is 2. The molecule has 0 aliphatic heterocycles. The summed E-state index contributed by atoms with van der Waals surface area (Å²) in [5.74, 6) is 0.0602. The van der Waals surface area contributed by atoms with Crippen LogP contribution in [0.15, 0.2) is 48.5 Å². The van der Waals surface area contributed by atoms with E-state index < -0.39 is 5.97 Å². The van der Waals surface area contributed by atoms with Crippen LogP contribution in [0.1, 0.15) is 20.7 Å². The van der Waals surface area contributed by atoms with E-state index in [1.54, 1.807) is 36.4 Å². The molecule has 2 aromatic carbocycles. The van der Waals surface area contributed by atoms with Crippen molar-refractivity contribution in [2.45, 2.75) is 0 Å². The average Bonchev–Trinajstić information content (AvgIpc) is 2.52. The van der Waals surface area contributed by atoms with Gasteiger partial charge in [0.2, 0.25) is 0 Å². The predicted octanol–water partition coefficient (Wildman–Crippen LogP) is 2.66. The van der Waals surface area contributed by atoms with Crippen molar-refractivity contribution in [1.82, 2.24) is 0 Å². The molecule has 0 spiro atoms. The second-order valence-electron chi connectivity index (χ2n) is 4.22. The van der Waals surface area contributed by atoms with Gasteiger partial charge in [-0.3, -0.25) is 4.79 Å². The topological polar surface area (TPSA) is 72.8 Å². The second-order valence-corrected chi connectivity index (χ2v) is 4.22. The summed E-state index contributed by atoms with van der Waals surface area (Å²) in [7, 11) is 0. The van der Waals surface area contributed by atoms with Gasteiger partial charge in [-0.05, 0) is 30.3 Å². The molecule has 0 saturated heterocycles. The maximum atomic E-state index is 10.8. The van der Waals surface area contributed by atoms with E-state index in [9.17, 15) is 9.59 Å². The molecule has 1 N–H and O–H groups in total. The number of carboxylic acids is 1. The molecule has 0 aliphatic carbocycles. The molecule has 0 heterocycles. The van der Waals surface area contributed by atoms with Crippen molar-refractivity contribution in [2.75, 3.05) is 13.2 Å². The highest BCUT2D eigenvalue weighted by Gasteiger charge is 2.03. The van der Waals surface area contributed by atoms with Crippen molar-refractivity contribution in [3.05, 3.63) is 59.7 Å². The summed E-state index contributed by atoms with van der Waals surface area (Å²) >= 11 is 0. The predicted molar refractivity (Wildman–Crippen MR) is 76.2 cm³/mol. The Kier molecular flexibility index (Phi) is 4.93. The highest BCUT2D eigenvalue weighted by Crippen LogP contribution is 2.14. The quantitative estimate of drug-likeness (QED) is 0.625. The third-order valence-corrected chi connectivity index (χ3v) is 2.70. The molecule has 5 heteroatoms. The van der Waals surface area contributed by atoms with Crippen LogP contribution in [0.4, 0.5) is 0 Å². The van der Waals surface area contributed by atoms with E-state index >= 15 is 0 Å². The molecule has 0 aliphatic rings. The van der Waals surface area contributed by atoms with Crippen molar-refractivity contribution in [2.24, 2.45) is 0 Å². The van der Waals surface area contributed by atoms with Crippen LogP contribution in [-0.4, -0.2) is 30.6 Å². The Hall–Kier alpha value is -2.82. The maximum Gasteiger partial charge on any atom is 0.335 e. The Balaban J connectivity index is 1.83. The Bertz CT molecular complexity index is 636. The number of aromatic carboxylic acids is 1. The van der Waals surface area contributed by atoms with Crippen molar-refractivity contribution in [3.8, 4) is 11.5 Å². The van der Waals surface area contributed by atoms with Crippen molar-refractivity contribution < 1.29 is 24.2 Å². The minimum Gasteiger partial charge on any atom is -0.490 e. The lowest BCUT2D eigenvalue weighted by molar-refractivity contribution is 0.0696. The van der Waals surface area contributed by atoms with Crippen LogP contribution in [0, 0.1) is 0 Å². The fourth-order valence-electron chi connectivity index (χ4n) is 1.72. The van der Waals surface area contributed by atoms with Crippen molar-refractivity contribution >= 4 is 12.3 Å². The van der Waals surface area contributed by atoms with Crippen LogP contribution in [-0.2, 0) is 0 Å². The highest BCUT2D eigenvalue weighted by atomic mass is 16.5. The van der Waals surface area contributed by atoms with Crippen LogP contribution in [0.25, 0.3) is 0 Å². The monoisotopic (exact) mass is 286 g/mol. The first-order valence-corrected chi connectivity index (χ1v) is 6.33. The van der Waals surface area contributed by atoms with E-state index in [-0.39, 0.29) is 12.2 Å². The SMILES string of the molecule is O=Cc1cccc(OCCOc2cccc(C(=O)O)c2)c1. The number of carbonyl (C=O) groups excluding carboxylic acids is 1. The molecule has 108 valence electrons. The molecule has 0 saturated carbocycles. The van der Waals surface area contributed by atoms with Gasteiger partial charge >= 0.3 is 5.97 Å². The van der Waals surface area contributed by atoms with Gasteiger partial charge in [-0.1, -0.05) is 18.2 Å². The smallest absolute Gasteiger partial charge is 0.335 e. The largest absolute Gasteiger partial charge is 0.490 e. The molecule has 0 aromatic heterocycles. The normalized spacial score (nSPS) is 9.90. The molecule has 2 aromatic rings. The van der Waals surface area contributed by atoms with Crippen LogP contribution in [0.2, 0.25) is 0 Å². The number of benzene rings is 2. The van der Waals surface area contributed by atoms with Crippen LogP contribution < -0.4 is 9.47 Å². The molecule has 0 fully saturated rings. The molecule has 5 nitrogen and oxygen atoms in total. The lowest BCUT2D eigenvalue weighted by atomic mass is 10.2. The number of carbonyl (C=O) groups is 2. The molecule has 0 atom stereocenters. The summed E-state index contributed by atoms with van der Waals surface area (Å²) in [5, 5.41) is 8.87. The Morgan fingerprint density at radius 3 is 2.24 bits per heavy atom. The zero-order valence-corrected chi connectivity index (χ0v) is 11.2. The van der Waals surface area contributed by atoms with E-state index in [0.29, 0.717) is 23.7 Å². The Morgan fingerprint density at radius 2 is 1.62 bits per heavy atom. The minimum absolute atomic E-state index is 0.173. The van der Waals surface area contributed by atoms with Gasteiger partial charge in [-0.15, -0.1) is 0 Å². The fraction of sp³-hybridized carbons (Fsp3) is 0.125. The first-order chi connectivity index (χ1) is 10.2. The molecular weight excluding hydrogens is 272 g/mol. The molecule has 0 amide bonds. The van der Waals surface area contributed by atoms with Crippen LogP contribution in [0.5, 0.6) is 11.5 Å². The highest BCUT2D eigenvalue weighted by molar-refractivity contribution is 5.88. The Morgan fingerprint density at radius 1 is 1.00 bits per heavy atom. The fourth-order valence-corrected chi connectivity index (χ4v) is 1.72. The van der Waals surface area contributed by atoms with E-state index in [0.717, 1.165) is 6.29 Å². The number of carboxylic acid groups (broad SMARTS) is 1. The van der Waals surface area contributed by atoms with Gasteiger partial charge in [-0.25, -0.2) is 4.79 Å². The average molecular weight is 286 g/mol. The first kappa shape index (κ1) is 14.6. The number of rotatable bonds is 7. The molecule has 0 unspecified atom stereocenters. The zero-order chi connectivity index (χ0) is 15.1. The van der Waals surface area contributed by atoms with Gasteiger partial charge in [0.05, 0.1) is 5.56 Å². The first-order valence-electron chi connectivity index (χ1n) is 6.33. The summed E-state index contributed by atoms with van der Waals surface area (Å²) < 4.78 is 10.9. The van der Waals surface area contributed by atoms with E-state index in [1.807, 2.05) is 0 Å². The van der Waals surface area contributed by atoms with E-state index in [2.05, 4.69) is 0 Å². The van der Waals surface area contributed by atoms with Gasteiger partial charge in [0, 0.05) is 5.56 Å². The van der Waals surface area contributed by atoms with E-state index in [4.69, 9.17) is 14.6 Å².